The summed E-state index contributed by atoms with van der Waals surface area (Å²) < 4.78 is 0. The van der Waals surface area contributed by atoms with E-state index in [1.165, 1.54) is 44.9 Å². The van der Waals surface area contributed by atoms with Gasteiger partial charge in [0.1, 0.15) is 0 Å². The molecule has 0 aliphatic carbocycles. The molecular weight excluding hydrogens is 437 g/mol. The summed E-state index contributed by atoms with van der Waals surface area (Å²) in [6.45, 7) is 20.0. The first-order valence-electron chi connectivity index (χ1n) is 7.74. The standard InChI is InChI=1S/C6H14.C4H10.C4H9.C3H7.12CH4.Y/c1-3-5-6-4-2;2*1-3-4-2;1-3-2;;;;;;;;;;;;;/h3-6H2,1-2H3;3-4H2,1-2H3;1,3-4H2,2H3;1,3H2,2H3;12*1H4;/q;;2*-1;;;;;;;;;;;;;. The van der Waals surface area contributed by atoms with E-state index in [2.05, 4.69) is 48.5 Å². The Labute approximate surface area is 233 Å². The van der Waals surface area contributed by atoms with Gasteiger partial charge in [-0.3, -0.25) is 0 Å². The minimum Gasteiger partial charge on any atom is -0.344 e. The Morgan fingerprint density at radius 2 is 0.500 bits per heavy atom. The third-order valence-electron chi connectivity index (χ3n) is 1.81. The van der Waals surface area contributed by atoms with Gasteiger partial charge >= 0.3 is 0 Å². The Hall–Kier alpha value is 1.10. The van der Waals surface area contributed by atoms with E-state index in [9.17, 15) is 0 Å². The first-order chi connectivity index (χ1) is 8.16. The van der Waals surface area contributed by atoms with E-state index in [0.29, 0.717) is 0 Å². The second-order valence-corrected chi connectivity index (χ2v) is 4.06. The van der Waals surface area contributed by atoms with Crippen molar-refractivity contribution in [3.05, 3.63) is 13.8 Å². The van der Waals surface area contributed by atoms with E-state index in [0.717, 1.165) is 12.8 Å². The van der Waals surface area contributed by atoms with Gasteiger partial charge in [-0.2, -0.15) is 12.8 Å². The van der Waals surface area contributed by atoms with E-state index in [4.69, 9.17) is 0 Å². The zero-order valence-electron chi connectivity index (χ0n) is 14.4. The summed E-state index contributed by atoms with van der Waals surface area (Å²) >= 11 is 0. The van der Waals surface area contributed by atoms with E-state index < -0.39 is 0 Å². The van der Waals surface area contributed by atoms with Gasteiger partial charge in [-0.25, -0.2) is 0 Å². The van der Waals surface area contributed by atoms with Gasteiger partial charge in [0.05, 0.1) is 0 Å². The smallest absolute Gasteiger partial charge is 0 e. The second kappa shape index (κ2) is 250. The minimum absolute atomic E-state index is 0. The van der Waals surface area contributed by atoms with Crippen LogP contribution >= 0.6 is 0 Å². The summed E-state index contributed by atoms with van der Waals surface area (Å²) in [5.41, 5.74) is 0. The molecule has 0 saturated carbocycles. The van der Waals surface area contributed by atoms with E-state index in [1.54, 1.807) is 0 Å². The molecule has 0 fully saturated rings. The Kier molecular flexibility index (Phi) is 1180. The van der Waals surface area contributed by atoms with Gasteiger partial charge in [0.15, 0.2) is 0 Å². The molecule has 209 valence electrons. The predicted molar refractivity (Wildman–Crippen MR) is 167 cm³/mol. The second-order valence-electron chi connectivity index (χ2n) is 4.06. The molecule has 0 saturated heterocycles. The summed E-state index contributed by atoms with van der Waals surface area (Å²) in [7, 11) is 0. The van der Waals surface area contributed by atoms with Crippen molar-refractivity contribution in [2.45, 2.75) is 188 Å². The van der Waals surface area contributed by atoms with Crippen LogP contribution in [0.1, 0.15) is 188 Å². The van der Waals surface area contributed by atoms with Gasteiger partial charge < -0.3 is 13.8 Å². The summed E-state index contributed by atoms with van der Waals surface area (Å²) in [5, 5.41) is 0. The van der Waals surface area contributed by atoms with Crippen molar-refractivity contribution < 1.29 is 32.7 Å². The topological polar surface area (TPSA) is 0 Å². The number of hydrogen-bond acceptors (Lipinski definition) is 0. The van der Waals surface area contributed by atoms with Crippen molar-refractivity contribution in [2.75, 3.05) is 0 Å². The normalized spacial score (nSPS) is 4.40. The maximum absolute atomic E-state index is 3.60. The number of hydrogen-bond donors (Lipinski definition) is 0. The van der Waals surface area contributed by atoms with Crippen LogP contribution in [-0.2, 0) is 32.7 Å². The van der Waals surface area contributed by atoms with Crippen LogP contribution in [0.3, 0.4) is 0 Å². The van der Waals surface area contributed by atoms with Crippen molar-refractivity contribution in [1.29, 1.82) is 0 Å². The van der Waals surface area contributed by atoms with Crippen molar-refractivity contribution >= 4 is 0 Å². The maximum atomic E-state index is 3.60. The molecule has 0 amide bonds. The van der Waals surface area contributed by atoms with Crippen LogP contribution in [0.2, 0.25) is 0 Å². The fourth-order valence-corrected chi connectivity index (χ4v) is 0.500. The third kappa shape index (κ3) is 617. The summed E-state index contributed by atoms with van der Waals surface area (Å²) in [4.78, 5) is 0. The minimum atomic E-state index is 0. The molecule has 0 bridgehead atoms. The van der Waals surface area contributed by atoms with Gasteiger partial charge in [0, 0.05) is 32.7 Å². The third-order valence-corrected chi connectivity index (χ3v) is 1.81. The Bertz CT molecular complexity index is 51.4. The van der Waals surface area contributed by atoms with Crippen LogP contribution in [0.5, 0.6) is 0 Å². The maximum Gasteiger partial charge on any atom is 0 e. The zero-order chi connectivity index (χ0) is 14.4. The summed E-state index contributed by atoms with van der Waals surface area (Å²) in [6, 6.07) is 0. The first-order valence-corrected chi connectivity index (χ1v) is 7.74. The SMILES string of the molecule is C.C.C.C.C.C.C.C.C.C.C.C.CCCC.CCCCCC.[CH2-]CC.[CH2-]CCC.[Y]. The molecule has 0 unspecified atom stereocenters. The molecule has 0 aromatic rings. The molecule has 1 radical (unpaired) electrons. The molecule has 1 heteroatoms. The molecule has 0 aromatic heterocycles. The molecule has 0 aliphatic rings. The van der Waals surface area contributed by atoms with Gasteiger partial charge in [-0.15, -0.1) is 0 Å². The van der Waals surface area contributed by atoms with E-state index in [-0.39, 0.29) is 122 Å². The Balaban J connectivity index is -0.00000000445. The molecule has 0 atom stereocenters. The van der Waals surface area contributed by atoms with Crippen molar-refractivity contribution in [3.63, 3.8) is 0 Å². The Morgan fingerprint density at radius 1 is 0.367 bits per heavy atom. The average molecular weight is 526 g/mol. The molecule has 0 aliphatic heterocycles. The van der Waals surface area contributed by atoms with Crippen LogP contribution in [0.4, 0.5) is 0 Å². The van der Waals surface area contributed by atoms with Gasteiger partial charge in [0.2, 0.25) is 0 Å². The molecule has 0 nitrogen and oxygen atoms in total. The summed E-state index contributed by atoms with van der Waals surface area (Å²) in [6.07, 6.45) is 11.5. The summed E-state index contributed by atoms with van der Waals surface area (Å²) in [5.74, 6) is 0. The fourth-order valence-electron chi connectivity index (χ4n) is 0.500. The van der Waals surface area contributed by atoms with Crippen molar-refractivity contribution in [3.8, 4) is 0 Å². The molecule has 0 spiro atoms. The predicted octanol–water partition coefficient (Wildman–Crippen LogP) is 14.9. The average Bonchev–Trinajstić information content (AvgIpc) is 2.37. The largest absolute Gasteiger partial charge is 0.344 e. The first kappa shape index (κ1) is 142. The molecule has 30 heavy (non-hydrogen) atoms. The number of unbranched alkanes of at least 4 members (excludes halogenated alkanes) is 5. The van der Waals surface area contributed by atoms with Crippen LogP contribution < -0.4 is 0 Å². The monoisotopic (exact) mass is 526 g/mol. The van der Waals surface area contributed by atoms with Crippen molar-refractivity contribution in [1.82, 2.24) is 0 Å². The van der Waals surface area contributed by atoms with Crippen LogP contribution in [-0.4, -0.2) is 0 Å². The van der Waals surface area contributed by atoms with Gasteiger partial charge in [-0.05, 0) is 0 Å². The van der Waals surface area contributed by atoms with Crippen LogP contribution in [0, 0.1) is 13.8 Å². The van der Waals surface area contributed by atoms with E-state index >= 15 is 0 Å². The molecule has 0 heterocycles. The van der Waals surface area contributed by atoms with Gasteiger partial charge in [-0.1, -0.05) is 176 Å². The van der Waals surface area contributed by atoms with Gasteiger partial charge in [0.25, 0.3) is 0 Å². The molecule has 0 N–H and O–H groups in total. The van der Waals surface area contributed by atoms with Crippen LogP contribution in [0.25, 0.3) is 0 Å². The molecule has 0 aromatic carbocycles. The van der Waals surface area contributed by atoms with Crippen molar-refractivity contribution in [2.24, 2.45) is 0 Å². The van der Waals surface area contributed by atoms with E-state index in [1.807, 2.05) is 6.92 Å². The fraction of sp³-hybridized carbons (Fsp3) is 0.931. The molecule has 0 rings (SSSR count). The number of rotatable bonds is 5. The Morgan fingerprint density at radius 3 is 0.533 bits per heavy atom. The quantitative estimate of drug-likeness (QED) is 0.247. The molecular formula is C29H88Y-2. The van der Waals surface area contributed by atoms with Crippen LogP contribution in [0.15, 0.2) is 0 Å². The zero-order valence-corrected chi connectivity index (χ0v) is 17.2.